The summed E-state index contributed by atoms with van der Waals surface area (Å²) >= 11 is 0. The van der Waals surface area contributed by atoms with E-state index in [1.807, 2.05) is 24.3 Å². The first-order valence-electron chi connectivity index (χ1n) is 11.1. The Hall–Kier alpha value is -3.72. The molecule has 0 bridgehead atoms. The van der Waals surface area contributed by atoms with Crippen LogP contribution < -0.4 is 24.2 Å². The van der Waals surface area contributed by atoms with Crippen molar-refractivity contribution in [3.63, 3.8) is 0 Å². The lowest BCUT2D eigenvalue weighted by Crippen LogP contribution is -2.17. The summed E-state index contributed by atoms with van der Waals surface area (Å²) in [7, 11) is -1.08. The molecular weight excluding hydrogens is 468 g/mol. The number of sulfonamides is 1. The fourth-order valence-corrected chi connectivity index (χ4v) is 4.52. The lowest BCUT2D eigenvalue weighted by Gasteiger charge is -2.14. The van der Waals surface area contributed by atoms with Gasteiger partial charge in [-0.1, -0.05) is 26.0 Å². The summed E-state index contributed by atoms with van der Waals surface area (Å²) in [5, 5.41) is 2.71. The average Bonchev–Trinajstić information content (AvgIpc) is 2.84. The van der Waals surface area contributed by atoms with Gasteiger partial charge in [-0.2, -0.15) is 0 Å². The maximum atomic E-state index is 13.0. The van der Waals surface area contributed by atoms with E-state index in [-0.39, 0.29) is 29.6 Å². The summed E-state index contributed by atoms with van der Waals surface area (Å²) in [5.74, 6) is 1.56. The van der Waals surface area contributed by atoms with Gasteiger partial charge in [0, 0.05) is 11.4 Å². The molecule has 0 saturated carbocycles. The van der Waals surface area contributed by atoms with Crippen LogP contribution in [0.3, 0.4) is 0 Å². The number of benzene rings is 3. The third-order valence-electron chi connectivity index (χ3n) is 5.22. The van der Waals surface area contributed by atoms with Crippen LogP contribution in [0.1, 0.15) is 31.7 Å². The van der Waals surface area contributed by atoms with Crippen molar-refractivity contribution in [1.29, 1.82) is 0 Å². The van der Waals surface area contributed by atoms with Gasteiger partial charge in [0.25, 0.3) is 10.0 Å². The van der Waals surface area contributed by atoms with Gasteiger partial charge in [0.05, 0.1) is 27.2 Å². The smallest absolute Gasteiger partial charge is 0.265 e. The number of hydrogen-bond donors (Lipinski definition) is 2. The van der Waals surface area contributed by atoms with E-state index in [1.54, 1.807) is 30.3 Å². The molecule has 0 aliphatic heterocycles. The number of ether oxygens (including phenoxy) is 3. The highest BCUT2D eigenvalue weighted by Crippen LogP contribution is 2.29. The molecule has 3 aromatic carbocycles. The molecule has 8 nitrogen and oxygen atoms in total. The van der Waals surface area contributed by atoms with Gasteiger partial charge in [-0.05, 0) is 66.1 Å². The van der Waals surface area contributed by atoms with Crippen LogP contribution in [-0.4, -0.2) is 35.2 Å². The number of rotatable bonds is 11. The molecule has 3 rings (SSSR count). The Bertz CT molecular complexity index is 1240. The highest BCUT2D eigenvalue weighted by atomic mass is 32.2. The fourth-order valence-electron chi connectivity index (χ4n) is 3.27. The number of carbonyl (C=O) groups is 1. The Balaban J connectivity index is 1.64. The number of carbonyl (C=O) groups excluding carboxylic acids is 1. The van der Waals surface area contributed by atoms with E-state index in [0.29, 0.717) is 28.8 Å². The second-order valence-electron chi connectivity index (χ2n) is 8.07. The average molecular weight is 499 g/mol. The maximum Gasteiger partial charge on any atom is 0.265 e. The zero-order valence-corrected chi connectivity index (χ0v) is 21.0. The summed E-state index contributed by atoms with van der Waals surface area (Å²) in [4.78, 5) is 12.3. The van der Waals surface area contributed by atoms with Crippen LogP contribution in [0.15, 0.2) is 71.6 Å². The first-order valence-corrected chi connectivity index (χ1v) is 12.6. The number of anilines is 2. The normalized spacial score (nSPS) is 11.1. The van der Waals surface area contributed by atoms with E-state index >= 15 is 0 Å². The second kappa shape index (κ2) is 11.6. The molecule has 0 atom stereocenters. The standard InChI is InChI=1S/C26H30N2O6S/c1-18(2)19-5-10-23(11-6-19)34-16-15-26(29)27-21-9-14-24(33-4)25(17-21)35(30,31)28-20-7-12-22(32-3)13-8-20/h5-14,17-18,28H,15-16H2,1-4H3,(H,27,29). The molecule has 0 saturated heterocycles. The number of nitrogens with one attached hydrogen (secondary N) is 2. The molecule has 9 heteroatoms. The van der Waals surface area contributed by atoms with Gasteiger partial charge in [0.15, 0.2) is 0 Å². The van der Waals surface area contributed by atoms with Crippen molar-refractivity contribution in [3.05, 3.63) is 72.3 Å². The van der Waals surface area contributed by atoms with E-state index in [0.717, 1.165) is 0 Å². The summed E-state index contributed by atoms with van der Waals surface area (Å²) in [6.45, 7) is 4.42. The molecule has 0 aromatic heterocycles. The van der Waals surface area contributed by atoms with Gasteiger partial charge in [-0.3, -0.25) is 9.52 Å². The van der Waals surface area contributed by atoms with E-state index in [2.05, 4.69) is 23.9 Å². The minimum absolute atomic E-state index is 0.101. The van der Waals surface area contributed by atoms with Crippen molar-refractivity contribution in [3.8, 4) is 17.2 Å². The summed E-state index contributed by atoms with van der Waals surface area (Å²) in [5.41, 5.74) is 1.90. The quantitative estimate of drug-likeness (QED) is 0.384. The van der Waals surface area contributed by atoms with E-state index < -0.39 is 10.0 Å². The first-order chi connectivity index (χ1) is 16.7. The van der Waals surface area contributed by atoms with Crippen molar-refractivity contribution in [2.24, 2.45) is 0 Å². The highest BCUT2D eigenvalue weighted by molar-refractivity contribution is 7.92. The van der Waals surface area contributed by atoms with Crippen LogP contribution in [-0.2, 0) is 14.8 Å². The van der Waals surface area contributed by atoms with Gasteiger partial charge >= 0.3 is 0 Å². The predicted octanol–water partition coefficient (Wildman–Crippen LogP) is 5.04. The van der Waals surface area contributed by atoms with Crippen molar-refractivity contribution in [2.45, 2.75) is 31.1 Å². The molecular formula is C26H30N2O6S. The van der Waals surface area contributed by atoms with Crippen molar-refractivity contribution >= 4 is 27.3 Å². The Kier molecular flexibility index (Phi) is 8.59. The summed E-state index contributed by atoms with van der Waals surface area (Å²) in [6, 6.07) is 18.6. The van der Waals surface area contributed by atoms with Crippen LogP contribution in [0.5, 0.6) is 17.2 Å². The summed E-state index contributed by atoms with van der Waals surface area (Å²) in [6.07, 6.45) is 0.101. The molecule has 3 aromatic rings. The summed E-state index contributed by atoms with van der Waals surface area (Å²) < 4.78 is 44.5. The Morgan fingerprint density at radius 1 is 0.857 bits per heavy atom. The number of methoxy groups -OCH3 is 2. The zero-order valence-electron chi connectivity index (χ0n) is 20.2. The van der Waals surface area contributed by atoms with Crippen LogP contribution in [0.4, 0.5) is 11.4 Å². The lowest BCUT2D eigenvalue weighted by molar-refractivity contribution is -0.116. The highest BCUT2D eigenvalue weighted by Gasteiger charge is 2.21. The van der Waals surface area contributed by atoms with Gasteiger partial charge in [-0.25, -0.2) is 8.42 Å². The fraction of sp³-hybridized carbons (Fsp3) is 0.269. The molecule has 1 amide bonds. The third kappa shape index (κ3) is 7.13. The van der Waals surface area contributed by atoms with Crippen LogP contribution in [0.2, 0.25) is 0 Å². The Morgan fingerprint density at radius 3 is 2.09 bits per heavy atom. The van der Waals surface area contributed by atoms with E-state index in [9.17, 15) is 13.2 Å². The van der Waals surface area contributed by atoms with Crippen LogP contribution in [0, 0.1) is 0 Å². The molecule has 0 heterocycles. The zero-order chi connectivity index (χ0) is 25.4. The van der Waals surface area contributed by atoms with Gasteiger partial charge in [0.1, 0.15) is 22.1 Å². The first kappa shape index (κ1) is 25.9. The van der Waals surface area contributed by atoms with Gasteiger partial charge < -0.3 is 19.5 Å². The molecule has 2 N–H and O–H groups in total. The van der Waals surface area contributed by atoms with E-state index in [1.165, 1.54) is 31.9 Å². The SMILES string of the molecule is COc1ccc(NS(=O)(=O)c2cc(NC(=O)CCOc3ccc(C(C)C)cc3)ccc2OC)cc1. The molecule has 0 unspecified atom stereocenters. The third-order valence-corrected chi connectivity index (χ3v) is 6.63. The molecule has 0 spiro atoms. The van der Waals surface area contributed by atoms with Crippen LogP contribution >= 0.6 is 0 Å². The van der Waals surface area contributed by atoms with Gasteiger partial charge in [0.2, 0.25) is 5.91 Å². The largest absolute Gasteiger partial charge is 0.497 e. The molecule has 0 radical (unpaired) electrons. The van der Waals surface area contributed by atoms with Crippen LogP contribution in [0.25, 0.3) is 0 Å². The molecule has 0 aliphatic rings. The van der Waals surface area contributed by atoms with Crippen molar-refractivity contribution in [2.75, 3.05) is 30.9 Å². The van der Waals surface area contributed by atoms with E-state index in [4.69, 9.17) is 14.2 Å². The number of amides is 1. The molecule has 0 aliphatic carbocycles. The number of hydrogen-bond acceptors (Lipinski definition) is 6. The van der Waals surface area contributed by atoms with Gasteiger partial charge in [-0.15, -0.1) is 0 Å². The molecule has 35 heavy (non-hydrogen) atoms. The Morgan fingerprint density at radius 2 is 1.49 bits per heavy atom. The topological polar surface area (TPSA) is 103 Å². The van der Waals surface area contributed by atoms with Crippen molar-refractivity contribution in [1.82, 2.24) is 0 Å². The molecule has 186 valence electrons. The molecule has 0 fully saturated rings. The monoisotopic (exact) mass is 498 g/mol. The minimum atomic E-state index is -3.99. The maximum absolute atomic E-state index is 13.0. The second-order valence-corrected chi connectivity index (χ2v) is 9.72. The lowest BCUT2D eigenvalue weighted by atomic mass is 10.0. The Labute approximate surface area is 206 Å². The predicted molar refractivity (Wildman–Crippen MR) is 136 cm³/mol. The van der Waals surface area contributed by atoms with Crippen molar-refractivity contribution < 1.29 is 27.4 Å². The minimum Gasteiger partial charge on any atom is -0.497 e.